The van der Waals surface area contributed by atoms with Crippen molar-refractivity contribution in [1.82, 2.24) is 5.32 Å². The Bertz CT molecular complexity index is 591. The van der Waals surface area contributed by atoms with E-state index >= 15 is 0 Å². The van der Waals surface area contributed by atoms with E-state index in [-0.39, 0.29) is 0 Å². The van der Waals surface area contributed by atoms with Gasteiger partial charge in [0, 0.05) is 35.5 Å². The van der Waals surface area contributed by atoms with Crippen molar-refractivity contribution >= 4 is 27.3 Å². The Kier molecular flexibility index (Phi) is 5.43. The number of halogens is 1. The summed E-state index contributed by atoms with van der Waals surface area (Å²) in [6, 6.07) is 15.6. The van der Waals surface area contributed by atoms with Crippen LogP contribution in [0, 0.1) is 6.92 Å². The van der Waals surface area contributed by atoms with Crippen LogP contribution in [0.1, 0.15) is 25.0 Å². The standard InChI is InChI=1S/C18H23BrN2/c1-13(2)20-12-15-7-8-16(19)11-18(15)21(4)17-9-5-14(3)6-10-17/h5-11,13,20H,12H2,1-4H3. The highest BCUT2D eigenvalue weighted by molar-refractivity contribution is 9.10. The summed E-state index contributed by atoms with van der Waals surface area (Å²) in [6.45, 7) is 7.32. The lowest BCUT2D eigenvalue weighted by Crippen LogP contribution is -2.23. The van der Waals surface area contributed by atoms with Crippen LogP contribution in [0.3, 0.4) is 0 Å². The van der Waals surface area contributed by atoms with Gasteiger partial charge in [0.15, 0.2) is 0 Å². The summed E-state index contributed by atoms with van der Waals surface area (Å²) in [4.78, 5) is 2.24. The lowest BCUT2D eigenvalue weighted by atomic mass is 10.1. The maximum absolute atomic E-state index is 3.58. The van der Waals surface area contributed by atoms with Crippen LogP contribution in [0.25, 0.3) is 0 Å². The van der Waals surface area contributed by atoms with Gasteiger partial charge < -0.3 is 10.2 Å². The third-order valence-electron chi connectivity index (χ3n) is 3.53. The summed E-state index contributed by atoms with van der Waals surface area (Å²) in [6.07, 6.45) is 0. The normalized spacial score (nSPS) is 11.0. The first kappa shape index (κ1) is 16.1. The Hall–Kier alpha value is -1.32. The van der Waals surface area contributed by atoms with Gasteiger partial charge in [-0.2, -0.15) is 0 Å². The topological polar surface area (TPSA) is 15.3 Å². The van der Waals surface area contributed by atoms with Crippen molar-refractivity contribution in [3.05, 3.63) is 58.1 Å². The SMILES string of the molecule is Cc1ccc(N(C)c2cc(Br)ccc2CNC(C)C)cc1. The highest BCUT2D eigenvalue weighted by Gasteiger charge is 2.10. The molecule has 2 aromatic carbocycles. The van der Waals surface area contributed by atoms with Crippen molar-refractivity contribution in [2.45, 2.75) is 33.4 Å². The quantitative estimate of drug-likeness (QED) is 0.817. The average Bonchev–Trinajstić information content (AvgIpc) is 2.46. The number of benzene rings is 2. The van der Waals surface area contributed by atoms with Crippen molar-refractivity contribution in [2.75, 3.05) is 11.9 Å². The number of aryl methyl sites for hydroxylation is 1. The monoisotopic (exact) mass is 346 g/mol. The molecule has 1 N–H and O–H groups in total. The Morgan fingerprint density at radius 3 is 2.38 bits per heavy atom. The number of hydrogen-bond donors (Lipinski definition) is 1. The van der Waals surface area contributed by atoms with Gasteiger partial charge in [0.25, 0.3) is 0 Å². The molecule has 0 radical (unpaired) electrons. The van der Waals surface area contributed by atoms with Gasteiger partial charge in [0.2, 0.25) is 0 Å². The van der Waals surface area contributed by atoms with E-state index in [1.54, 1.807) is 0 Å². The summed E-state index contributed by atoms with van der Waals surface area (Å²) in [7, 11) is 2.12. The second-order valence-electron chi connectivity index (χ2n) is 5.70. The molecule has 3 heteroatoms. The van der Waals surface area contributed by atoms with E-state index in [1.807, 2.05) is 0 Å². The van der Waals surface area contributed by atoms with Crippen LogP contribution in [0.15, 0.2) is 46.9 Å². The van der Waals surface area contributed by atoms with Gasteiger partial charge in [-0.3, -0.25) is 0 Å². The van der Waals surface area contributed by atoms with Gasteiger partial charge in [0.05, 0.1) is 0 Å². The zero-order valence-corrected chi connectivity index (χ0v) is 14.7. The molecule has 0 bridgehead atoms. The molecular weight excluding hydrogens is 324 g/mol. The maximum atomic E-state index is 3.58. The summed E-state index contributed by atoms with van der Waals surface area (Å²) >= 11 is 3.58. The zero-order chi connectivity index (χ0) is 15.4. The molecular formula is C18H23BrN2. The molecule has 0 aliphatic carbocycles. The second-order valence-corrected chi connectivity index (χ2v) is 6.62. The van der Waals surface area contributed by atoms with Gasteiger partial charge in [-0.05, 0) is 36.8 Å². The number of nitrogens with zero attached hydrogens (tertiary/aromatic N) is 1. The summed E-state index contributed by atoms with van der Waals surface area (Å²) in [5, 5.41) is 3.50. The minimum absolute atomic E-state index is 0.478. The summed E-state index contributed by atoms with van der Waals surface area (Å²) in [5.74, 6) is 0. The zero-order valence-electron chi connectivity index (χ0n) is 13.2. The molecule has 2 nitrogen and oxygen atoms in total. The third-order valence-corrected chi connectivity index (χ3v) is 4.02. The Labute approximate surface area is 136 Å². The van der Waals surface area contributed by atoms with E-state index in [0.29, 0.717) is 6.04 Å². The van der Waals surface area contributed by atoms with E-state index in [1.165, 1.54) is 22.5 Å². The van der Waals surface area contributed by atoms with E-state index in [9.17, 15) is 0 Å². The van der Waals surface area contributed by atoms with Crippen LogP contribution >= 0.6 is 15.9 Å². The molecule has 0 aliphatic rings. The molecule has 0 aliphatic heterocycles. The average molecular weight is 347 g/mol. The molecule has 2 rings (SSSR count). The van der Waals surface area contributed by atoms with E-state index in [2.05, 4.69) is 96.4 Å². The van der Waals surface area contributed by atoms with Crippen molar-refractivity contribution < 1.29 is 0 Å². The Balaban J connectivity index is 2.31. The van der Waals surface area contributed by atoms with E-state index < -0.39 is 0 Å². The molecule has 0 aromatic heterocycles. The predicted octanol–water partition coefficient (Wildman–Crippen LogP) is 5.02. The summed E-state index contributed by atoms with van der Waals surface area (Å²) in [5.41, 5.74) is 5.00. The molecule has 21 heavy (non-hydrogen) atoms. The first-order valence-corrected chi connectivity index (χ1v) is 8.09. The molecule has 0 amide bonds. The smallest absolute Gasteiger partial charge is 0.0465 e. The molecule has 0 spiro atoms. The summed E-state index contributed by atoms with van der Waals surface area (Å²) < 4.78 is 1.10. The highest BCUT2D eigenvalue weighted by Crippen LogP contribution is 2.30. The first-order chi connectivity index (χ1) is 9.97. The fourth-order valence-corrected chi connectivity index (χ4v) is 2.57. The van der Waals surface area contributed by atoms with E-state index in [0.717, 1.165) is 11.0 Å². The first-order valence-electron chi connectivity index (χ1n) is 7.29. The number of nitrogens with one attached hydrogen (secondary N) is 1. The van der Waals surface area contributed by atoms with Crippen molar-refractivity contribution in [2.24, 2.45) is 0 Å². The highest BCUT2D eigenvalue weighted by atomic mass is 79.9. The molecule has 0 saturated carbocycles. The van der Waals surface area contributed by atoms with Gasteiger partial charge in [0.1, 0.15) is 0 Å². The van der Waals surface area contributed by atoms with Crippen molar-refractivity contribution in [3.63, 3.8) is 0 Å². The van der Waals surface area contributed by atoms with Gasteiger partial charge in [-0.1, -0.05) is 53.5 Å². The lowest BCUT2D eigenvalue weighted by Gasteiger charge is -2.24. The van der Waals surface area contributed by atoms with Crippen LogP contribution in [-0.4, -0.2) is 13.1 Å². The minimum atomic E-state index is 0.478. The van der Waals surface area contributed by atoms with Crippen LogP contribution < -0.4 is 10.2 Å². The molecule has 0 unspecified atom stereocenters. The van der Waals surface area contributed by atoms with Crippen LogP contribution in [0.2, 0.25) is 0 Å². The predicted molar refractivity (Wildman–Crippen MR) is 95.4 cm³/mol. The van der Waals surface area contributed by atoms with Gasteiger partial charge in [-0.15, -0.1) is 0 Å². The second kappa shape index (κ2) is 7.10. The molecule has 0 fully saturated rings. The fraction of sp³-hybridized carbons (Fsp3) is 0.333. The molecule has 112 valence electrons. The van der Waals surface area contributed by atoms with Gasteiger partial charge >= 0.3 is 0 Å². The van der Waals surface area contributed by atoms with E-state index in [4.69, 9.17) is 0 Å². The maximum Gasteiger partial charge on any atom is 0.0465 e. The molecule has 0 saturated heterocycles. The van der Waals surface area contributed by atoms with Crippen LogP contribution in [0.4, 0.5) is 11.4 Å². The molecule has 0 heterocycles. The number of rotatable bonds is 5. The largest absolute Gasteiger partial charge is 0.344 e. The number of hydrogen-bond acceptors (Lipinski definition) is 2. The Morgan fingerprint density at radius 2 is 1.76 bits per heavy atom. The lowest BCUT2D eigenvalue weighted by molar-refractivity contribution is 0.589. The minimum Gasteiger partial charge on any atom is -0.344 e. The Morgan fingerprint density at radius 1 is 1.10 bits per heavy atom. The van der Waals surface area contributed by atoms with Gasteiger partial charge in [-0.25, -0.2) is 0 Å². The van der Waals surface area contributed by atoms with Crippen molar-refractivity contribution in [1.29, 1.82) is 0 Å². The number of anilines is 2. The molecule has 2 aromatic rings. The van der Waals surface area contributed by atoms with Crippen LogP contribution in [-0.2, 0) is 6.54 Å². The fourth-order valence-electron chi connectivity index (χ4n) is 2.22. The third kappa shape index (κ3) is 4.32. The van der Waals surface area contributed by atoms with Crippen molar-refractivity contribution in [3.8, 4) is 0 Å². The van der Waals surface area contributed by atoms with Crippen LogP contribution in [0.5, 0.6) is 0 Å². The molecule has 0 atom stereocenters.